The van der Waals surface area contributed by atoms with Crippen LogP contribution in [0, 0.1) is 0 Å². The van der Waals surface area contributed by atoms with E-state index in [-0.39, 0.29) is 34.6 Å². The summed E-state index contributed by atoms with van der Waals surface area (Å²) in [6, 6.07) is 7.94. The molecule has 2 aliphatic heterocycles. The lowest BCUT2D eigenvalue weighted by molar-refractivity contribution is -0.145. The van der Waals surface area contributed by atoms with Gasteiger partial charge >= 0.3 is 5.97 Å². The van der Waals surface area contributed by atoms with Crippen LogP contribution in [0.1, 0.15) is 12.5 Å². The maximum atomic E-state index is 12.9. The smallest absolute Gasteiger partial charge is 0.344 e. The van der Waals surface area contributed by atoms with E-state index >= 15 is 0 Å². The quantitative estimate of drug-likeness (QED) is 0.356. The van der Waals surface area contributed by atoms with Crippen LogP contribution in [0.15, 0.2) is 35.2 Å². The molecule has 0 saturated carbocycles. The Hall–Kier alpha value is -3.90. The van der Waals surface area contributed by atoms with Gasteiger partial charge in [0.25, 0.3) is 11.1 Å². The predicted molar refractivity (Wildman–Crippen MR) is 139 cm³/mol. The Morgan fingerprint density at radius 2 is 1.92 bits per heavy atom. The number of anilines is 1. The van der Waals surface area contributed by atoms with Crippen molar-refractivity contribution in [1.82, 2.24) is 4.90 Å². The topological polar surface area (TPSA) is 130 Å². The molecule has 3 amide bonds. The molecular weight excluding hydrogens is 540 g/mol. The summed E-state index contributed by atoms with van der Waals surface area (Å²) in [6.45, 7) is 1.89. The highest BCUT2D eigenvalue weighted by Gasteiger charge is 2.36. The van der Waals surface area contributed by atoms with Crippen LogP contribution in [0.25, 0.3) is 6.08 Å². The fourth-order valence-electron chi connectivity index (χ4n) is 3.55. The van der Waals surface area contributed by atoms with E-state index < -0.39 is 29.6 Å². The molecule has 1 fully saturated rings. The third-order valence-corrected chi connectivity index (χ3v) is 6.38. The number of methoxy groups -OCH3 is 1. The molecule has 0 radical (unpaired) electrons. The number of nitrogens with one attached hydrogen (secondary N) is 1. The molecule has 0 unspecified atom stereocenters. The second-order valence-corrected chi connectivity index (χ2v) is 9.20. The third kappa shape index (κ3) is 6.32. The van der Waals surface area contributed by atoms with Crippen molar-refractivity contribution in [1.29, 1.82) is 0 Å². The van der Waals surface area contributed by atoms with Crippen molar-refractivity contribution in [2.24, 2.45) is 0 Å². The van der Waals surface area contributed by atoms with E-state index in [1.54, 1.807) is 25.1 Å². The number of benzene rings is 2. The molecule has 13 heteroatoms. The summed E-state index contributed by atoms with van der Waals surface area (Å²) >= 11 is 7.01. The third-order valence-electron chi connectivity index (χ3n) is 5.19. The first-order valence-corrected chi connectivity index (χ1v) is 12.6. The highest BCUT2D eigenvalue weighted by Crippen LogP contribution is 2.39. The van der Waals surface area contributed by atoms with E-state index in [0.29, 0.717) is 47.7 Å². The van der Waals surface area contributed by atoms with E-state index in [4.69, 9.17) is 35.3 Å². The van der Waals surface area contributed by atoms with E-state index in [9.17, 15) is 19.2 Å². The van der Waals surface area contributed by atoms with Crippen LogP contribution in [-0.4, -0.2) is 68.0 Å². The monoisotopic (exact) mass is 562 g/mol. The number of amides is 3. The van der Waals surface area contributed by atoms with Crippen LogP contribution in [0.5, 0.6) is 23.0 Å². The Morgan fingerprint density at radius 3 is 2.66 bits per heavy atom. The largest absolute Gasteiger partial charge is 0.493 e. The van der Waals surface area contributed by atoms with E-state index in [1.807, 2.05) is 0 Å². The Bertz CT molecular complexity index is 1310. The van der Waals surface area contributed by atoms with Gasteiger partial charge in [-0.3, -0.25) is 19.3 Å². The first-order valence-electron chi connectivity index (χ1n) is 11.4. The van der Waals surface area contributed by atoms with Gasteiger partial charge in [-0.15, -0.1) is 0 Å². The first-order chi connectivity index (χ1) is 18.3. The van der Waals surface area contributed by atoms with Crippen molar-refractivity contribution in [3.05, 3.63) is 45.8 Å². The fourth-order valence-corrected chi connectivity index (χ4v) is 4.66. The van der Waals surface area contributed by atoms with Crippen molar-refractivity contribution in [3.8, 4) is 23.0 Å². The maximum absolute atomic E-state index is 12.9. The van der Waals surface area contributed by atoms with Gasteiger partial charge in [0.15, 0.2) is 29.6 Å². The number of halogens is 1. The molecular formula is C25H23ClN2O9S. The van der Waals surface area contributed by atoms with Crippen molar-refractivity contribution in [2.45, 2.75) is 6.92 Å². The van der Waals surface area contributed by atoms with Gasteiger partial charge in [-0.05, 0) is 54.6 Å². The predicted octanol–water partition coefficient (Wildman–Crippen LogP) is 3.74. The Balaban J connectivity index is 1.43. The molecule has 11 nitrogen and oxygen atoms in total. The average Bonchev–Trinajstić information content (AvgIpc) is 3.15. The number of esters is 1. The Kier molecular flexibility index (Phi) is 8.64. The minimum Gasteiger partial charge on any atom is -0.493 e. The summed E-state index contributed by atoms with van der Waals surface area (Å²) in [5.74, 6) is -0.348. The fraction of sp³-hybridized carbons (Fsp3) is 0.280. The standard InChI is InChI=1S/C25H23ClN2O9S/c1-3-34-22(30)13-37-23-16(26)8-14(9-19(23)33-2)10-20-24(31)28(25(32)38-20)12-21(29)27-15-4-5-17-18(11-15)36-7-6-35-17/h4-5,8-11H,3,6-7,12-13H2,1-2H3,(H,27,29)/b20-10-. The summed E-state index contributed by atoms with van der Waals surface area (Å²) in [6.07, 6.45) is 1.45. The number of imide groups is 1. The Labute approximate surface area is 226 Å². The SMILES string of the molecule is CCOC(=O)COc1c(Cl)cc(/C=C2\SC(=O)N(CC(=O)Nc3ccc4c(c3)OCCO4)C2=O)cc1OC. The lowest BCUT2D eigenvalue weighted by Gasteiger charge is -2.19. The highest BCUT2D eigenvalue weighted by molar-refractivity contribution is 8.18. The number of nitrogens with zero attached hydrogens (tertiary/aromatic N) is 1. The lowest BCUT2D eigenvalue weighted by atomic mass is 10.1. The van der Waals surface area contributed by atoms with Gasteiger partial charge in [0, 0.05) is 11.8 Å². The van der Waals surface area contributed by atoms with Gasteiger partial charge in [0.1, 0.15) is 19.8 Å². The molecule has 2 aromatic carbocycles. The molecule has 1 saturated heterocycles. The number of fused-ring (bicyclic) bond motifs is 1. The molecule has 200 valence electrons. The minimum absolute atomic E-state index is 0.0976. The zero-order chi connectivity index (χ0) is 27.2. The molecule has 0 aliphatic carbocycles. The first kappa shape index (κ1) is 27.1. The highest BCUT2D eigenvalue weighted by atomic mass is 35.5. The molecule has 0 bridgehead atoms. The molecule has 2 aromatic rings. The maximum Gasteiger partial charge on any atom is 0.344 e. The van der Waals surface area contributed by atoms with Crippen molar-refractivity contribution in [2.75, 3.05) is 45.4 Å². The van der Waals surface area contributed by atoms with Crippen molar-refractivity contribution < 1.29 is 42.9 Å². The second kappa shape index (κ2) is 12.1. The van der Waals surface area contributed by atoms with Crippen LogP contribution in [0.4, 0.5) is 10.5 Å². The number of rotatable bonds is 9. The summed E-state index contributed by atoms with van der Waals surface area (Å²) < 4.78 is 26.5. The molecule has 0 aromatic heterocycles. The summed E-state index contributed by atoms with van der Waals surface area (Å²) in [5.41, 5.74) is 0.885. The van der Waals surface area contributed by atoms with Gasteiger partial charge < -0.3 is 29.0 Å². The minimum atomic E-state index is -0.630. The lowest BCUT2D eigenvalue weighted by Crippen LogP contribution is -2.36. The molecule has 1 N–H and O–H groups in total. The van der Waals surface area contributed by atoms with E-state index in [0.717, 1.165) is 4.90 Å². The van der Waals surface area contributed by atoms with Crippen LogP contribution < -0.4 is 24.3 Å². The summed E-state index contributed by atoms with van der Waals surface area (Å²) in [4.78, 5) is 50.5. The number of hydrogen-bond acceptors (Lipinski definition) is 10. The molecule has 2 heterocycles. The van der Waals surface area contributed by atoms with Gasteiger partial charge in [0.05, 0.1) is 23.6 Å². The molecule has 0 atom stereocenters. The second-order valence-electron chi connectivity index (χ2n) is 7.80. The molecule has 4 rings (SSSR count). The van der Waals surface area contributed by atoms with Crippen LogP contribution in [0.3, 0.4) is 0 Å². The molecule has 38 heavy (non-hydrogen) atoms. The number of carbonyl (C=O) groups is 4. The number of ether oxygens (including phenoxy) is 5. The van der Waals surface area contributed by atoms with Gasteiger partial charge in [0.2, 0.25) is 5.91 Å². The van der Waals surface area contributed by atoms with E-state index in [1.165, 1.54) is 25.3 Å². The summed E-state index contributed by atoms with van der Waals surface area (Å²) in [5, 5.41) is 2.18. The van der Waals surface area contributed by atoms with Crippen LogP contribution in [0.2, 0.25) is 5.02 Å². The zero-order valence-electron chi connectivity index (χ0n) is 20.4. The van der Waals surface area contributed by atoms with Gasteiger partial charge in [-0.25, -0.2) is 4.79 Å². The number of carbonyl (C=O) groups excluding carboxylic acids is 4. The normalized spacial score (nSPS) is 15.4. The number of thioether (sulfide) groups is 1. The summed E-state index contributed by atoms with van der Waals surface area (Å²) in [7, 11) is 1.39. The average molecular weight is 563 g/mol. The van der Waals surface area contributed by atoms with Gasteiger partial charge in [-0.2, -0.15) is 0 Å². The zero-order valence-corrected chi connectivity index (χ0v) is 22.0. The van der Waals surface area contributed by atoms with Gasteiger partial charge in [-0.1, -0.05) is 11.6 Å². The van der Waals surface area contributed by atoms with E-state index in [2.05, 4.69) is 5.32 Å². The van der Waals surface area contributed by atoms with Crippen LogP contribution in [-0.2, 0) is 19.1 Å². The Morgan fingerprint density at radius 1 is 1.16 bits per heavy atom. The van der Waals surface area contributed by atoms with Crippen molar-refractivity contribution in [3.63, 3.8) is 0 Å². The number of hydrogen-bond donors (Lipinski definition) is 1. The van der Waals surface area contributed by atoms with Crippen molar-refractivity contribution >= 4 is 58.1 Å². The van der Waals surface area contributed by atoms with Crippen LogP contribution >= 0.6 is 23.4 Å². The molecule has 2 aliphatic rings. The molecule has 0 spiro atoms.